The van der Waals surface area contributed by atoms with Crippen molar-refractivity contribution in [1.29, 1.82) is 10.5 Å². The molecule has 5 aromatic rings. The Kier molecular flexibility index (Phi) is 6.88. The van der Waals surface area contributed by atoms with Crippen molar-refractivity contribution in [1.82, 2.24) is 34.5 Å². The molecule has 2 aliphatic rings. The number of halogens is 1. The summed E-state index contributed by atoms with van der Waals surface area (Å²) in [4.78, 5) is 29.3. The van der Waals surface area contributed by atoms with Crippen molar-refractivity contribution < 1.29 is 9.18 Å². The molecule has 0 unspecified atom stereocenters. The molecule has 10 nitrogen and oxygen atoms in total. The number of carbonyl (C=O) groups excluding carboxylic acids is 1. The Bertz CT molecular complexity index is 1950. The zero-order valence-electron chi connectivity index (χ0n) is 23.8. The summed E-state index contributed by atoms with van der Waals surface area (Å²) >= 11 is 0. The van der Waals surface area contributed by atoms with Gasteiger partial charge in [0.25, 0.3) is 5.91 Å². The van der Waals surface area contributed by atoms with Crippen LogP contribution >= 0.6 is 0 Å². The fourth-order valence-corrected chi connectivity index (χ4v) is 6.51. The van der Waals surface area contributed by atoms with Crippen LogP contribution in [0.15, 0.2) is 73.4 Å². The van der Waals surface area contributed by atoms with Crippen molar-refractivity contribution in [2.75, 3.05) is 26.2 Å². The molecule has 0 aliphatic carbocycles. The number of aromatic amines is 1. The van der Waals surface area contributed by atoms with Crippen LogP contribution in [0, 0.1) is 28.5 Å². The first-order valence-electron chi connectivity index (χ1n) is 14.5. The lowest BCUT2D eigenvalue weighted by atomic mass is 9.83. The maximum absolute atomic E-state index is 15.0. The average Bonchev–Trinajstić information content (AvgIpc) is 3.73. The quantitative estimate of drug-likeness (QED) is 0.305. The van der Waals surface area contributed by atoms with E-state index in [0.29, 0.717) is 54.9 Å². The zero-order valence-corrected chi connectivity index (χ0v) is 23.8. The van der Waals surface area contributed by atoms with Crippen LogP contribution < -0.4 is 0 Å². The number of rotatable bonds is 6. The van der Waals surface area contributed by atoms with Gasteiger partial charge in [-0.1, -0.05) is 18.2 Å². The summed E-state index contributed by atoms with van der Waals surface area (Å²) in [6.45, 7) is 2.54. The van der Waals surface area contributed by atoms with E-state index in [1.54, 1.807) is 47.5 Å². The van der Waals surface area contributed by atoms with Gasteiger partial charge in [0, 0.05) is 66.7 Å². The highest BCUT2D eigenvalue weighted by Crippen LogP contribution is 2.37. The van der Waals surface area contributed by atoms with Crippen LogP contribution in [0.5, 0.6) is 0 Å². The molecule has 0 saturated carbocycles. The number of carbonyl (C=O) groups is 1. The molecule has 0 atom stereocenters. The number of H-pyrrole nitrogens is 1. The van der Waals surface area contributed by atoms with Gasteiger partial charge in [-0.2, -0.15) is 15.6 Å². The number of nitrogens with one attached hydrogen (secondary N) is 1. The smallest absolute Gasteiger partial charge is 0.253 e. The minimum absolute atomic E-state index is 0.188. The molecule has 1 N–H and O–H groups in total. The van der Waals surface area contributed by atoms with Crippen molar-refractivity contribution in [2.45, 2.75) is 30.8 Å². The number of likely N-dealkylation sites (tertiary alicyclic amines) is 2. The lowest BCUT2D eigenvalue weighted by Gasteiger charge is -2.53. The van der Waals surface area contributed by atoms with Crippen LogP contribution in [0.25, 0.3) is 33.4 Å². The summed E-state index contributed by atoms with van der Waals surface area (Å²) < 4.78 is 17.0. The highest BCUT2D eigenvalue weighted by molar-refractivity contribution is 5.95. The molecule has 7 rings (SSSR count). The Morgan fingerprint density at radius 2 is 1.91 bits per heavy atom. The van der Waals surface area contributed by atoms with E-state index < -0.39 is 11.4 Å². The van der Waals surface area contributed by atoms with Crippen molar-refractivity contribution >= 4 is 16.9 Å². The van der Waals surface area contributed by atoms with Gasteiger partial charge in [-0.05, 0) is 48.7 Å². The first-order valence-corrected chi connectivity index (χ1v) is 14.5. The minimum Gasteiger partial charge on any atom is -0.346 e. The molecule has 0 bridgehead atoms. The molecule has 2 aliphatic heterocycles. The van der Waals surface area contributed by atoms with E-state index in [-0.39, 0.29) is 11.9 Å². The highest BCUT2D eigenvalue weighted by Gasteiger charge is 2.48. The van der Waals surface area contributed by atoms with Gasteiger partial charge in [0.15, 0.2) is 0 Å². The molecule has 2 aromatic carbocycles. The number of nitrogens with zero attached hydrogens (tertiary/aromatic N) is 8. The van der Waals surface area contributed by atoms with Gasteiger partial charge in [0.2, 0.25) is 0 Å². The summed E-state index contributed by atoms with van der Waals surface area (Å²) in [5.41, 5.74) is 3.73. The fraction of sp³-hybridized carbons (Fsp3) is 0.273. The van der Waals surface area contributed by atoms with Gasteiger partial charge in [-0.15, -0.1) is 0 Å². The summed E-state index contributed by atoms with van der Waals surface area (Å²) in [5, 5.41) is 24.4. The van der Waals surface area contributed by atoms with E-state index in [2.05, 4.69) is 37.1 Å². The molecule has 218 valence electrons. The second-order valence-electron chi connectivity index (χ2n) is 11.5. The lowest BCUT2D eigenvalue weighted by Crippen LogP contribution is -2.66. The summed E-state index contributed by atoms with van der Waals surface area (Å²) in [7, 11) is 0. The van der Waals surface area contributed by atoms with Crippen molar-refractivity contribution in [3.8, 4) is 34.5 Å². The standard InChI is InChI=1S/C33H28FN9O/c34-29-15-24(4-5-27(29)23-3-1-2-22(14-23)16-36)32(44)41-12-7-26(8-13-41)42-19-33(20-42,9-10-35)43-18-25(17-40-43)30-28-6-11-37-31(28)39-21-38-30/h1-6,11,14-15,17-18,21,26H,7-9,12-13,19-20H2,(H,37,38,39). The number of fused-ring (bicyclic) bond motifs is 1. The van der Waals surface area contributed by atoms with E-state index in [1.165, 1.54) is 12.4 Å². The normalized spacial score (nSPS) is 16.8. The number of hydrogen-bond donors (Lipinski definition) is 1. The summed E-state index contributed by atoms with van der Waals surface area (Å²) in [6.07, 6.45) is 9.06. The molecule has 0 spiro atoms. The molecule has 5 heterocycles. The SMILES string of the molecule is N#CCC1(n2cc(-c3ncnc4[nH]ccc34)cn2)CN(C2CCN(C(=O)c3ccc(-c4cccc(C#N)c4)c(F)c3)CC2)C1. The van der Waals surface area contributed by atoms with E-state index in [9.17, 15) is 10.1 Å². The Hall–Kier alpha value is -5.39. The van der Waals surface area contributed by atoms with Gasteiger partial charge < -0.3 is 9.88 Å². The maximum Gasteiger partial charge on any atom is 0.253 e. The fourth-order valence-electron chi connectivity index (χ4n) is 6.51. The maximum atomic E-state index is 15.0. The Balaban J connectivity index is 0.992. The Morgan fingerprint density at radius 3 is 2.68 bits per heavy atom. The third kappa shape index (κ3) is 4.77. The van der Waals surface area contributed by atoms with E-state index >= 15 is 4.39 Å². The van der Waals surface area contributed by atoms with Crippen molar-refractivity contribution in [3.05, 3.63) is 90.4 Å². The van der Waals surface area contributed by atoms with Crippen LogP contribution in [0.1, 0.15) is 35.2 Å². The number of nitriles is 2. The zero-order chi connectivity index (χ0) is 30.3. The predicted molar refractivity (Wildman–Crippen MR) is 160 cm³/mol. The number of benzene rings is 2. The van der Waals surface area contributed by atoms with Gasteiger partial charge in [0.05, 0.1) is 36.0 Å². The minimum atomic E-state index is -0.491. The number of hydrogen-bond acceptors (Lipinski definition) is 7. The number of aromatic nitrogens is 5. The Labute approximate surface area is 253 Å². The molecule has 2 fully saturated rings. The van der Waals surface area contributed by atoms with Gasteiger partial charge in [-0.25, -0.2) is 14.4 Å². The van der Waals surface area contributed by atoms with Crippen LogP contribution in [-0.2, 0) is 5.54 Å². The van der Waals surface area contributed by atoms with Crippen LogP contribution in [-0.4, -0.2) is 72.7 Å². The second kappa shape index (κ2) is 11.0. The first-order chi connectivity index (χ1) is 21.5. The largest absolute Gasteiger partial charge is 0.346 e. The van der Waals surface area contributed by atoms with Gasteiger partial charge in [0.1, 0.15) is 23.3 Å². The molecular formula is C33H28FN9O. The summed E-state index contributed by atoms with van der Waals surface area (Å²) in [5.74, 6) is -0.679. The topological polar surface area (TPSA) is 131 Å². The average molecular weight is 586 g/mol. The first kappa shape index (κ1) is 27.4. The molecule has 1 amide bonds. The predicted octanol–water partition coefficient (Wildman–Crippen LogP) is 4.73. The van der Waals surface area contributed by atoms with E-state index in [4.69, 9.17) is 5.26 Å². The molecule has 11 heteroatoms. The Morgan fingerprint density at radius 1 is 1.07 bits per heavy atom. The third-order valence-electron chi connectivity index (χ3n) is 8.89. The van der Waals surface area contributed by atoms with Crippen molar-refractivity contribution in [2.24, 2.45) is 0 Å². The number of amides is 1. The highest BCUT2D eigenvalue weighted by atomic mass is 19.1. The third-order valence-corrected chi connectivity index (χ3v) is 8.89. The second-order valence-corrected chi connectivity index (χ2v) is 11.5. The monoisotopic (exact) mass is 585 g/mol. The molecule has 44 heavy (non-hydrogen) atoms. The molecule has 0 radical (unpaired) electrons. The van der Waals surface area contributed by atoms with E-state index in [0.717, 1.165) is 35.1 Å². The molecule has 2 saturated heterocycles. The van der Waals surface area contributed by atoms with Crippen LogP contribution in [0.4, 0.5) is 4.39 Å². The van der Waals surface area contributed by atoms with Gasteiger partial charge >= 0.3 is 0 Å². The van der Waals surface area contributed by atoms with Gasteiger partial charge in [-0.3, -0.25) is 14.4 Å². The lowest BCUT2D eigenvalue weighted by molar-refractivity contribution is -0.0412. The van der Waals surface area contributed by atoms with E-state index in [1.807, 2.05) is 23.1 Å². The molecular weight excluding hydrogens is 557 g/mol. The van der Waals surface area contributed by atoms with Crippen molar-refractivity contribution in [3.63, 3.8) is 0 Å². The number of piperidine rings is 1. The molecule has 3 aromatic heterocycles. The summed E-state index contributed by atoms with van der Waals surface area (Å²) in [6, 6.07) is 18.0. The van der Waals surface area contributed by atoms with Crippen LogP contribution in [0.2, 0.25) is 0 Å². The van der Waals surface area contributed by atoms with Crippen LogP contribution in [0.3, 0.4) is 0 Å².